The number of aliphatic hydroxyl groups excluding tert-OH is 2. The lowest BCUT2D eigenvalue weighted by atomic mass is 10.0. The fourth-order valence-electron chi connectivity index (χ4n) is 6.83. The highest BCUT2D eigenvalue weighted by molar-refractivity contribution is 5.98. The van der Waals surface area contributed by atoms with Crippen molar-refractivity contribution in [1.82, 2.24) is 47.5 Å². The summed E-state index contributed by atoms with van der Waals surface area (Å²) >= 11 is 0. The van der Waals surface area contributed by atoms with E-state index in [1.165, 1.54) is 6.92 Å². The van der Waals surface area contributed by atoms with Gasteiger partial charge in [-0.05, 0) is 63.0 Å². The van der Waals surface area contributed by atoms with E-state index in [-0.39, 0.29) is 31.1 Å². The summed E-state index contributed by atoms with van der Waals surface area (Å²) in [7, 11) is 0. The molecule has 0 bridgehead atoms. The number of hydrogen-bond donors (Lipinski definition) is 15. The molecular weight excluding hydrogens is 925 g/mol. The zero-order valence-electron chi connectivity index (χ0n) is 39.7. The number of carbonyl (C=O) groups is 11. The molecule has 0 saturated carbocycles. The van der Waals surface area contributed by atoms with E-state index in [1.807, 2.05) is 29.6 Å². The van der Waals surface area contributed by atoms with E-state index < -0.39 is 152 Å². The Hall–Kier alpha value is -7.19. The van der Waals surface area contributed by atoms with Crippen LogP contribution in [0.25, 0.3) is 10.9 Å². The van der Waals surface area contributed by atoms with Gasteiger partial charge in [0.05, 0.1) is 31.7 Å². The Bertz CT molecular complexity index is 2200. The van der Waals surface area contributed by atoms with Crippen LogP contribution >= 0.6 is 0 Å². The van der Waals surface area contributed by atoms with Crippen LogP contribution in [0.4, 0.5) is 0 Å². The standard InChI is InChI=1S/C44H66N10O16/c1-20(2)13-29(49-33(57)18-47-39(64)32(19-55)53-37(62)22(5)48-38(63)26(45)15-24-17-46-27-10-8-7-9-25(24)27)41(66)50-28(11-12-34(58)59)40(65)54-36(23(6)56)43(68)51-30(14-21(3)4)42(67)52-31(44(69)70)16-35(60)61/h7-10,17,20-23,26,28-32,36,46,55-56H,11-16,18-19,45H2,1-6H3,(H,47,64)(H,48,63)(H,49,57)(H,50,66)(H,51,68)(H,52,67)(H,53,62)(H,54,65)(H,58,59)(H,60,61)(H,69,70)/t22-,23+,26-,28-,29-,30-,31-,32-,36-/m0/s1. The molecule has 1 heterocycles. The van der Waals surface area contributed by atoms with Crippen LogP contribution < -0.4 is 48.3 Å². The number of aliphatic carboxylic acids is 3. The number of amides is 8. The van der Waals surface area contributed by atoms with E-state index in [0.717, 1.165) is 23.4 Å². The van der Waals surface area contributed by atoms with Gasteiger partial charge in [-0.25, -0.2) is 4.79 Å². The molecule has 0 aliphatic heterocycles. The zero-order chi connectivity index (χ0) is 53.0. The van der Waals surface area contributed by atoms with Gasteiger partial charge in [0, 0.05) is 23.5 Å². The van der Waals surface area contributed by atoms with Crippen LogP contribution in [-0.4, -0.2) is 163 Å². The minimum Gasteiger partial charge on any atom is -0.481 e. The molecule has 0 unspecified atom stereocenters. The van der Waals surface area contributed by atoms with Crippen LogP contribution in [0.5, 0.6) is 0 Å². The van der Waals surface area contributed by atoms with Gasteiger partial charge in [0.1, 0.15) is 42.3 Å². The molecule has 8 amide bonds. The molecule has 0 radical (unpaired) electrons. The van der Waals surface area contributed by atoms with E-state index in [2.05, 4.69) is 42.2 Å². The van der Waals surface area contributed by atoms with Crippen molar-refractivity contribution < 1.29 is 78.3 Å². The van der Waals surface area contributed by atoms with Gasteiger partial charge in [-0.2, -0.15) is 0 Å². The third-order valence-electron chi connectivity index (χ3n) is 10.5. The largest absolute Gasteiger partial charge is 0.481 e. The normalized spacial score (nSPS) is 15.1. The number of carboxylic acid groups (broad SMARTS) is 3. The van der Waals surface area contributed by atoms with Crippen LogP contribution in [0.3, 0.4) is 0 Å². The first-order valence-electron chi connectivity index (χ1n) is 22.4. The molecule has 0 aliphatic carbocycles. The molecule has 0 spiro atoms. The predicted octanol–water partition coefficient (Wildman–Crippen LogP) is -3.54. The molecule has 9 atom stereocenters. The number of nitrogens with two attached hydrogens (primary N) is 1. The smallest absolute Gasteiger partial charge is 0.326 e. The highest BCUT2D eigenvalue weighted by Crippen LogP contribution is 2.19. The van der Waals surface area contributed by atoms with Gasteiger partial charge in [-0.15, -0.1) is 0 Å². The monoisotopic (exact) mass is 990 g/mol. The van der Waals surface area contributed by atoms with E-state index in [4.69, 9.17) is 10.8 Å². The number of aromatic amines is 1. The zero-order valence-corrected chi connectivity index (χ0v) is 39.7. The molecular formula is C44H66N10O16. The van der Waals surface area contributed by atoms with Crippen molar-refractivity contribution >= 4 is 76.1 Å². The Kier molecular flexibility index (Phi) is 23.9. The maximum absolute atomic E-state index is 13.7. The minimum absolute atomic E-state index is 0.0592. The molecule has 26 heteroatoms. The summed E-state index contributed by atoms with van der Waals surface area (Å²) in [4.78, 5) is 143. The van der Waals surface area contributed by atoms with Crippen molar-refractivity contribution in [1.29, 1.82) is 0 Å². The first-order chi connectivity index (χ1) is 32.7. The molecule has 1 aromatic heterocycles. The number of nitrogens with one attached hydrogen (secondary N) is 9. The summed E-state index contributed by atoms with van der Waals surface area (Å²) in [6.45, 7) is 7.38. The average Bonchev–Trinajstić information content (AvgIpc) is 3.68. The molecule has 16 N–H and O–H groups in total. The number of para-hydroxylation sites is 1. The third kappa shape index (κ3) is 19.8. The van der Waals surface area contributed by atoms with Gasteiger partial charge >= 0.3 is 17.9 Å². The Balaban J connectivity index is 2.11. The minimum atomic E-state index is -1.87. The third-order valence-corrected chi connectivity index (χ3v) is 10.5. The second-order valence-corrected chi connectivity index (χ2v) is 17.5. The summed E-state index contributed by atoms with van der Waals surface area (Å²) in [6.07, 6.45) is -2.23. The van der Waals surface area contributed by atoms with E-state index in [1.54, 1.807) is 33.9 Å². The van der Waals surface area contributed by atoms with Crippen molar-refractivity contribution in [3.8, 4) is 0 Å². The maximum atomic E-state index is 13.7. The summed E-state index contributed by atoms with van der Waals surface area (Å²) < 4.78 is 0. The van der Waals surface area contributed by atoms with Crippen LogP contribution in [-0.2, 0) is 59.2 Å². The van der Waals surface area contributed by atoms with Crippen molar-refractivity contribution in [3.63, 3.8) is 0 Å². The fourth-order valence-corrected chi connectivity index (χ4v) is 6.83. The summed E-state index contributed by atoms with van der Waals surface area (Å²) in [6, 6.07) is -4.79. The molecule has 26 nitrogen and oxygen atoms in total. The molecule has 70 heavy (non-hydrogen) atoms. The number of benzene rings is 1. The molecule has 2 aromatic rings. The number of hydrogen-bond acceptors (Lipinski definition) is 14. The van der Waals surface area contributed by atoms with Gasteiger partial charge in [0.2, 0.25) is 47.3 Å². The van der Waals surface area contributed by atoms with Crippen molar-refractivity contribution in [3.05, 3.63) is 36.0 Å². The Morgan fingerprint density at radius 2 is 1.16 bits per heavy atom. The van der Waals surface area contributed by atoms with Gasteiger partial charge in [-0.1, -0.05) is 45.9 Å². The maximum Gasteiger partial charge on any atom is 0.326 e. The van der Waals surface area contributed by atoms with Gasteiger partial charge in [0.25, 0.3) is 0 Å². The number of carboxylic acids is 3. The van der Waals surface area contributed by atoms with Gasteiger partial charge in [-0.3, -0.25) is 47.9 Å². The summed E-state index contributed by atoms with van der Waals surface area (Å²) in [5.41, 5.74) is 7.73. The van der Waals surface area contributed by atoms with Crippen LogP contribution in [0.1, 0.15) is 79.2 Å². The number of H-pyrrole nitrogens is 1. The van der Waals surface area contributed by atoms with E-state index in [0.29, 0.717) is 0 Å². The second kappa shape index (κ2) is 28.3. The van der Waals surface area contributed by atoms with Gasteiger partial charge in [0.15, 0.2) is 0 Å². The number of aromatic nitrogens is 1. The predicted molar refractivity (Wildman–Crippen MR) is 247 cm³/mol. The lowest BCUT2D eigenvalue weighted by Crippen LogP contribution is -2.61. The lowest BCUT2D eigenvalue weighted by Gasteiger charge is -2.28. The number of carbonyl (C=O) groups excluding carboxylic acids is 8. The van der Waals surface area contributed by atoms with Crippen LogP contribution in [0, 0.1) is 11.8 Å². The summed E-state index contributed by atoms with van der Waals surface area (Å²) in [5.74, 6) is -13.1. The molecule has 0 aliphatic rings. The first-order valence-corrected chi connectivity index (χ1v) is 22.4. The second-order valence-electron chi connectivity index (χ2n) is 17.5. The Morgan fingerprint density at radius 1 is 0.614 bits per heavy atom. The molecule has 1 aromatic carbocycles. The first kappa shape index (κ1) is 58.9. The van der Waals surface area contributed by atoms with E-state index >= 15 is 0 Å². The highest BCUT2D eigenvalue weighted by Gasteiger charge is 2.35. The average molecular weight is 991 g/mol. The van der Waals surface area contributed by atoms with Crippen LogP contribution in [0.15, 0.2) is 30.5 Å². The highest BCUT2D eigenvalue weighted by atomic mass is 16.4. The number of rotatable bonds is 30. The molecule has 0 saturated heterocycles. The van der Waals surface area contributed by atoms with Crippen molar-refractivity contribution in [2.45, 2.75) is 135 Å². The number of aliphatic hydroxyl groups is 2. The van der Waals surface area contributed by atoms with Gasteiger partial charge < -0.3 is 78.8 Å². The molecule has 2 rings (SSSR count). The topological polar surface area (TPSA) is 427 Å². The van der Waals surface area contributed by atoms with E-state index in [9.17, 15) is 73.2 Å². The number of fused-ring (bicyclic) bond motifs is 1. The van der Waals surface area contributed by atoms with Crippen molar-refractivity contribution in [2.24, 2.45) is 17.6 Å². The van der Waals surface area contributed by atoms with Crippen molar-refractivity contribution in [2.75, 3.05) is 13.2 Å². The molecule has 388 valence electrons. The Labute approximate surface area is 402 Å². The van der Waals surface area contributed by atoms with Crippen LogP contribution in [0.2, 0.25) is 0 Å². The molecule has 0 fully saturated rings. The Morgan fingerprint density at radius 3 is 1.70 bits per heavy atom. The lowest BCUT2D eigenvalue weighted by molar-refractivity contribution is -0.147. The SMILES string of the molecule is CC(C)C[C@H](NC(=O)CNC(=O)[C@H](CO)NC(=O)[C@H](C)NC(=O)[C@@H](N)Cc1c[nH]c2ccccc12)C(=O)N[C@@H](CCC(=O)O)C(=O)N[C@H](C(=O)N[C@@H](CC(C)C)C(=O)N[C@@H](CC(=O)O)C(=O)O)[C@@H](C)O. The summed E-state index contributed by atoms with van der Waals surface area (Å²) in [5, 5.41) is 67.4. The quantitative estimate of drug-likeness (QED) is 0.0360. The fraction of sp³-hybridized carbons (Fsp3) is 0.568.